The molecule has 2 aliphatic heterocycles. The van der Waals surface area contributed by atoms with Crippen LogP contribution in [0.1, 0.15) is 24.1 Å². The second-order valence-corrected chi connectivity index (χ2v) is 9.59. The first-order valence-electron chi connectivity index (χ1n) is 11.9. The topological polar surface area (TPSA) is 104 Å². The number of phenols is 1. The highest BCUT2D eigenvalue weighted by atomic mass is 19.1. The van der Waals surface area contributed by atoms with Gasteiger partial charge in [-0.05, 0) is 44.1 Å². The third-order valence-electron chi connectivity index (χ3n) is 7.24. The standard InChI is InChI=1S/C26H26FN5O3/c27-19-13-29-20-6-7-22(34)32-15-26(35,23(19)25(20)32)14-31-10-8-17(9-11-31)28-12-18-5-4-16-2-1-3-21(33)24(16)30-18/h1-7,13,17,28,33,35H,8-12,14-15H2/t26-/m0/s1. The van der Waals surface area contributed by atoms with Gasteiger partial charge in [0, 0.05) is 30.6 Å². The van der Waals surface area contributed by atoms with Crippen molar-refractivity contribution in [2.24, 2.45) is 0 Å². The van der Waals surface area contributed by atoms with E-state index < -0.39 is 11.4 Å². The number of nitrogens with one attached hydrogen (secondary N) is 1. The summed E-state index contributed by atoms with van der Waals surface area (Å²) in [6, 6.07) is 12.6. The van der Waals surface area contributed by atoms with Crippen LogP contribution >= 0.6 is 0 Å². The predicted molar refractivity (Wildman–Crippen MR) is 130 cm³/mol. The number of benzene rings is 1. The Hall–Kier alpha value is -3.40. The van der Waals surface area contributed by atoms with Gasteiger partial charge in [-0.15, -0.1) is 0 Å². The van der Waals surface area contributed by atoms with E-state index in [-0.39, 0.29) is 36.0 Å². The average Bonchev–Trinajstić information content (AvgIpc) is 3.17. The van der Waals surface area contributed by atoms with Crippen molar-refractivity contribution in [2.45, 2.75) is 37.6 Å². The van der Waals surface area contributed by atoms with Crippen LogP contribution in [-0.2, 0) is 18.7 Å². The zero-order chi connectivity index (χ0) is 24.2. The Morgan fingerprint density at radius 2 is 1.97 bits per heavy atom. The lowest BCUT2D eigenvalue weighted by atomic mass is 9.93. The highest BCUT2D eigenvalue weighted by Gasteiger charge is 2.43. The van der Waals surface area contributed by atoms with Crippen LogP contribution in [0.5, 0.6) is 5.75 Å². The smallest absolute Gasteiger partial charge is 0.251 e. The summed E-state index contributed by atoms with van der Waals surface area (Å²) < 4.78 is 16.2. The Labute approximate surface area is 200 Å². The molecular formula is C26H26FN5O3. The number of piperidine rings is 1. The van der Waals surface area contributed by atoms with Gasteiger partial charge in [-0.3, -0.25) is 14.7 Å². The van der Waals surface area contributed by atoms with Gasteiger partial charge < -0.3 is 20.1 Å². The maximum Gasteiger partial charge on any atom is 0.251 e. The molecule has 1 saturated heterocycles. The zero-order valence-electron chi connectivity index (χ0n) is 19.1. The number of aliphatic hydroxyl groups is 1. The molecule has 0 saturated carbocycles. The molecule has 5 heterocycles. The number of hydrogen-bond acceptors (Lipinski definition) is 7. The summed E-state index contributed by atoms with van der Waals surface area (Å²) in [4.78, 5) is 23.2. The van der Waals surface area contributed by atoms with Crippen molar-refractivity contribution in [3.05, 3.63) is 76.1 Å². The maximum absolute atomic E-state index is 14.8. The molecule has 1 fully saturated rings. The number of aromatic nitrogens is 3. The minimum Gasteiger partial charge on any atom is -0.506 e. The molecule has 0 aliphatic carbocycles. The van der Waals surface area contributed by atoms with Gasteiger partial charge in [-0.1, -0.05) is 18.2 Å². The van der Waals surface area contributed by atoms with Gasteiger partial charge in [-0.2, -0.15) is 0 Å². The summed E-state index contributed by atoms with van der Waals surface area (Å²) in [5.41, 5.74) is 0.800. The Morgan fingerprint density at radius 1 is 1.14 bits per heavy atom. The lowest BCUT2D eigenvalue weighted by Gasteiger charge is -2.37. The molecule has 8 nitrogen and oxygen atoms in total. The van der Waals surface area contributed by atoms with E-state index >= 15 is 0 Å². The zero-order valence-corrected chi connectivity index (χ0v) is 19.1. The third kappa shape index (κ3) is 3.85. The lowest BCUT2D eigenvalue weighted by Crippen LogP contribution is -2.48. The summed E-state index contributed by atoms with van der Waals surface area (Å²) in [5, 5.41) is 26.0. The maximum atomic E-state index is 14.8. The van der Waals surface area contributed by atoms with Gasteiger partial charge in [0.15, 0.2) is 0 Å². The monoisotopic (exact) mass is 475 g/mol. The van der Waals surface area contributed by atoms with Crippen molar-refractivity contribution < 1.29 is 14.6 Å². The van der Waals surface area contributed by atoms with Crippen LogP contribution in [0, 0.1) is 5.82 Å². The molecule has 6 rings (SSSR count). The molecular weight excluding hydrogens is 449 g/mol. The first kappa shape index (κ1) is 22.1. The summed E-state index contributed by atoms with van der Waals surface area (Å²) in [5.74, 6) is -0.405. The van der Waals surface area contributed by atoms with E-state index in [0.717, 1.165) is 43.2 Å². The fraction of sp³-hybridized carbons (Fsp3) is 0.346. The molecule has 1 atom stereocenters. The normalized spacial score (nSPS) is 20.7. The lowest BCUT2D eigenvalue weighted by molar-refractivity contribution is -0.0159. The van der Waals surface area contributed by atoms with E-state index in [9.17, 15) is 19.4 Å². The molecule has 2 aliphatic rings. The minimum absolute atomic E-state index is 0.0276. The Morgan fingerprint density at radius 3 is 2.80 bits per heavy atom. The fourth-order valence-electron chi connectivity index (χ4n) is 5.49. The summed E-state index contributed by atoms with van der Waals surface area (Å²) in [7, 11) is 0. The van der Waals surface area contributed by atoms with Crippen LogP contribution in [0.3, 0.4) is 0 Å². The largest absolute Gasteiger partial charge is 0.506 e. The first-order chi connectivity index (χ1) is 16.9. The summed E-state index contributed by atoms with van der Waals surface area (Å²) >= 11 is 0. The van der Waals surface area contributed by atoms with Crippen molar-refractivity contribution in [2.75, 3.05) is 19.6 Å². The predicted octanol–water partition coefficient (Wildman–Crippen LogP) is 2.24. The molecule has 0 radical (unpaired) electrons. The Kier molecular flexibility index (Phi) is 5.28. The van der Waals surface area contributed by atoms with Crippen LogP contribution in [0.15, 0.2) is 53.5 Å². The minimum atomic E-state index is -1.48. The highest BCUT2D eigenvalue weighted by molar-refractivity contribution is 5.84. The second kappa shape index (κ2) is 8.37. The van der Waals surface area contributed by atoms with Crippen LogP contribution < -0.4 is 10.9 Å². The molecule has 0 bridgehead atoms. The molecule has 35 heavy (non-hydrogen) atoms. The molecule has 0 unspecified atom stereocenters. The van der Waals surface area contributed by atoms with E-state index in [1.54, 1.807) is 18.2 Å². The molecule has 4 aromatic rings. The van der Waals surface area contributed by atoms with Crippen molar-refractivity contribution in [1.29, 1.82) is 0 Å². The van der Waals surface area contributed by atoms with Gasteiger partial charge in [0.1, 0.15) is 22.7 Å². The SMILES string of the molecule is O=c1ccc2ncc(F)c3c2n1C[C@@]3(O)CN1CCC(NCc2ccc3cccc(O)c3n2)CC1. The van der Waals surface area contributed by atoms with Crippen molar-refractivity contribution in [3.8, 4) is 5.75 Å². The van der Waals surface area contributed by atoms with E-state index in [2.05, 4.69) is 20.2 Å². The van der Waals surface area contributed by atoms with Crippen molar-refractivity contribution in [3.63, 3.8) is 0 Å². The molecule has 3 N–H and O–H groups in total. The number of rotatable bonds is 5. The van der Waals surface area contributed by atoms with Crippen LogP contribution in [0.2, 0.25) is 0 Å². The molecule has 9 heteroatoms. The van der Waals surface area contributed by atoms with Gasteiger partial charge in [-0.25, -0.2) is 9.37 Å². The highest BCUT2D eigenvalue weighted by Crippen LogP contribution is 2.38. The van der Waals surface area contributed by atoms with Gasteiger partial charge in [0.05, 0.1) is 35.0 Å². The third-order valence-corrected chi connectivity index (χ3v) is 7.24. The number of fused-ring (bicyclic) bond motifs is 1. The molecule has 180 valence electrons. The van der Waals surface area contributed by atoms with E-state index in [4.69, 9.17) is 0 Å². The van der Waals surface area contributed by atoms with Crippen LogP contribution in [0.4, 0.5) is 4.39 Å². The number of phenolic OH excluding ortho intramolecular Hbond substituents is 1. The molecule has 3 aromatic heterocycles. The number of aromatic hydroxyl groups is 1. The van der Waals surface area contributed by atoms with Crippen molar-refractivity contribution >= 4 is 21.9 Å². The Bertz CT molecular complexity index is 1500. The van der Waals surface area contributed by atoms with E-state index in [1.165, 1.54) is 10.6 Å². The average molecular weight is 476 g/mol. The summed E-state index contributed by atoms with van der Waals surface area (Å²) in [6.45, 7) is 2.36. The van der Waals surface area contributed by atoms with Gasteiger partial charge in [0.2, 0.25) is 0 Å². The Balaban J connectivity index is 1.11. The molecule has 0 amide bonds. The number of β-amino-alcohol motifs (C(OH)–C–C–N with tert-alkyl or cyclic N) is 1. The number of hydrogen-bond donors (Lipinski definition) is 3. The summed E-state index contributed by atoms with van der Waals surface area (Å²) in [6.07, 6.45) is 2.87. The second-order valence-electron chi connectivity index (χ2n) is 9.59. The number of pyridine rings is 3. The van der Waals surface area contributed by atoms with Crippen LogP contribution in [0.25, 0.3) is 21.9 Å². The number of halogens is 1. The number of nitrogens with zero attached hydrogens (tertiary/aromatic N) is 4. The van der Waals surface area contributed by atoms with Gasteiger partial charge in [0.25, 0.3) is 5.56 Å². The molecule has 0 spiro atoms. The quantitative estimate of drug-likeness (QED) is 0.407. The van der Waals surface area contributed by atoms with E-state index in [1.807, 2.05) is 18.2 Å². The fourth-order valence-corrected chi connectivity index (χ4v) is 5.49. The van der Waals surface area contributed by atoms with Gasteiger partial charge >= 0.3 is 0 Å². The van der Waals surface area contributed by atoms with E-state index in [0.29, 0.717) is 23.1 Å². The number of likely N-dealkylation sites (tertiary alicyclic amines) is 1. The van der Waals surface area contributed by atoms with Crippen molar-refractivity contribution in [1.82, 2.24) is 24.8 Å². The van der Waals surface area contributed by atoms with Crippen LogP contribution in [-0.4, -0.2) is 55.3 Å². The molecule has 1 aromatic carbocycles. The first-order valence-corrected chi connectivity index (χ1v) is 11.9. The number of para-hydroxylation sites is 1.